The van der Waals surface area contributed by atoms with Crippen LogP contribution in [0.1, 0.15) is 18.4 Å². The summed E-state index contributed by atoms with van der Waals surface area (Å²) in [5, 5.41) is 3.23. The number of piperidine rings is 1. The molecule has 1 saturated heterocycles. The van der Waals surface area contributed by atoms with Crippen LogP contribution in [0.2, 0.25) is 5.02 Å². The average molecular weight is 532 g/mol. The lowest BCUT2D eigenvalue weighted by molar-refractivity contribution is -0.120. The molecule has 0 radical (unpaired) electrons. The Balaban J connectivity index is 1.62. The molecule has 3 rings (SSSR count). The minimum absolute atomic E-state index is 0.0644. The van der Waals surface area contributed by atoms with E-state index in [1.165, 1.54) is 18.5 Å². The number of hydrogen-bond acceptors (Lipinski definition) is 5. The Morgan fingerprint density at radius 2 is 1.84 bits per heavy atom. The zero-order valence-electron chi connectivity index (χ0n) is 17.2. The van der Waals surface area contributed by atoms with Crippen LogP contribution in [0.4, 0.5) is 5.69 Å². The summed E-state index contributed by atoms with van der Waals surface area (Å²) < 4.78 is 38.4. The van der Waals surface area contributed by atoms with Crippen LogP contribution in [0.15, 0.2) is 40.9 Å². The first-order valence-electron chi connectivity index (χ1n) is 9.68. The Bertz CT molecular complexity index is 1060. The van der Waals surface area contributed by atoms with Crippen LogP contribution < -0.4 is 14.8 Å². The van der Waals surface area contributed by atoms with Crippen molar-refractivity contribution in [2.75, 3.05) is 32.6 Å². The normalized spacial score (nSPS) is 15.5. The van der Waals surface area contributed by atoms with Gasteiger partial charge < -0.3 is 14.8 Å². The Labute approximate surface area is 195 Å². The predicted octanol–water partition coefficient (Wildman–Crippen LogP) is 4.30. The summed E-state index contributed by atoms with van der Waals surface area (Å²) in [5.41, 5.74) is 1.18. The Kier molecular flexibility index (Phi) is 7.85. The zero-order valence-corrected chi connectivity index (χ0v) is 20.4. The second-order valence-electron chi connectivity index (χ2n) is 7.24. The molecular formula is C21H24BrClN2O5S. The number of nitrogens with one attached hydrogen (secondary N) is 1. The Morgan fingerprint density at radius 3 is 2.45 bits per heavy atom. The van der Waals surface area contributed by atoms with E-state index in [1.54, 1.807) is 24.3 Å². The van der Waals surface area contributed by atoms with Gasteiger partial charge in [0.2, 0.25) is 15.9 Å². The monoisotopic (exact) mass is 530 g/mol. The van der Waals surface area contributed by atoms with Gasteiger partial charge >= 0.3 is 0 Å². The Morgan fingerprint density at radius 1 is 1.16 bits per heavy atom. The number of carbonyl (C=O) groups excluding carboxylic acids is 1. The largest absolute Gasteiger partial charge is 0.495 e. The first-order chi connectivity index (χ1) is 14.7. The van der Waals surface area contributed by atoms with Crippen molar-refractivity contribution in [3.05, 3.63) is 51.5 Å². The second kappa shape index (κ2) is 10.2. The summed E-state index contributed by atoms with van der Waals surface area (Å²) in [7, 11) is -0.478. The molecule has 0 aromatic heterocycles. The number of halogens is 2. The average Bonchev–Trinajstić information content (AvgIpc) is 2.74. The number of methoxy groups -OCH3 is 2. The number of ether oxygens (including phenoxy) is 2. The SMILES string of the molecule is COc1cc(NC(=O)C2CCN(S(=O)(=O)Cc3cccc(Br)c3)CC2)c(OC)cc1Cl. The van der Waals surface area contributed by atoms with E-state index in [9.17, 15) is 13.2 Å². The van der Waals surface area contributed by atoms with Crippen molar-refractivity contribution in [1.82, 2.24) is 4.31 Å². The molecule has 1 fully saturated rings. The molecule has 0 unspecified atom stereocenters. The lowest BCUT2D eigenvalue weighted by Gasteiger charge is -2.30. The molecule has 1 aliphatic rings. The van der Waals surface area contributed by atoms with Gasteiger partial charge in [-0.05, 0) is 30.5 Å². The lowest BCUT2D eigenvalue weighted by Crippen LogP contribution is -2.41. The summed E-state index contributed by atoms with van der Waals surface area (Å²) in [4.78, 5) is 12.8. The molecule has 7 nitrogen and oxygen atoms in total. The van der Waals surface area contributed by atoms with E-state index in [0.29, 0.717) is 48.1 Å². The van der Waals surface area contributed by atoms with Crippen LogP contribution in [0.3, 0.4) is 0 Å². The van der Waals surface area contributed by atoms with Crippen LogP contribution in [0.25, 0.3) is 0 Å². The van der Waals surface area contributed by atoms with Gasteiger partial charge in [-0.25, -0.2) is 12.7 Å². The summed E-state index contributed by atoms with van der Waals surface area (Å²) in [6, 6.07) is 10.4. The van der Waals surface area contributed by atoms with Crippen molar-refractivity contribution in [3.8, 4) is 11.5 Å². The predicted molar refractivity (Wildman–Crippen MR) is 124 cm³/mol. The molecule has 0 bridgehead atoms. The van der Waals surface area contributed by atoms with Gasteiger partial charge in [0.25, 0.3) is 0 Å². The van der Waals surface area contributed by atoms with Crippen molar-refractivity contribution >= 4 is 49.1 Å². The van der Waals surface area contributed by atoms with Crippen molar-refractivity contribution in [2.24, 2.45) is 5.92 Å². The molecule has 0 spiro atoms. The van der Waals surface area contributed by atoms with Gasteiger partial charge in [-0.3, -0.25) is 4.79 Å². The maximum atomic E-state index is 12.8. The highest BCUT2D eigenvalue weighted by atomic mass is 79.9. The first-order valence-corrected chi connectivity index (χ1v) is 12.5. The number of benzene rings is 2. The summed E-state index contributed by atoms with van der Waals surface area (Å²) in [6.07, 6.45) is 0.882. The highest BCUT2D eigenvalue weighted by Crippen LogP contribution is 2.36. The van der Waals surface area contributed by atoms with E-state index >= 15 is 0 Å². The summed E-state index contributed by atoms with van der Waals surface area (Å²) in [6.45, 7) is 0.602. The Hall–Kier alpha value is -1.81. The molecule has 2 aromatic carbocycles. The number of nitrogens with zero attached hydrogens (tertiary/aromatic N) is 1. The van der Waals surface area contributed by atoms with Gasteiger partial charge in [0.15, 0.2) is 0 Å². The molecule has 10 heteroatoms. The van der Waals surface area contributed by atoms with Crippen LogP contribution in [-0.4, -0.2) is 45.9 Å². The molecular weight excluding hydrogens is 508 g/mol. The van der Waals surface area contributed by atoms with E-state index in [2.05, 4.69) is 21.2 Å². The van der Waals surface area contributed by atoms with Gasteiger partial charge in [0, 0.05) is 35.6 Å². The molecule has 1 aliphatic heterocycles. The zero-order chi connectivity index (χ0) is 22.6. The quantitative estimate of drug-likeness (QED) is 0.576. The number of sulfonamides is 1. The van der Waals surface area contributed by atoms with E-state index in [-0.39, 0.29) is 17.6 Å². The fourth-order valence-electron chi connectivity index (χ4n) is 3.52. The lowest BCUT2D eigenvalue weighted by atomic mass is 9.97. The highest BCUT2D eigenvalue weighted by Gasteiger charge is 2.31. The number of rotatable bonds is 7. The van der Waals surface area contributed by atoms with Gasteiger partial charge in [-0.1, -0.05) is 39.7 Å². The van der Waals surface area contributed by atoms with E-state index in [4.69, 9.17) is 21.1 Å². The molecule has 2 aromatic rings. The molecule has 168 valence electrons. The third kappa shape index (κ3) is 5.91. The fraction of sp³-hybridized carbons (Fsp3) is 0.381. The van der Waals surface area contributed by atoms with Gasteiger partial charge in [-0.2, -0.15) is 0 Å². The van der Waals surface area contributed by atoms with Crippen LogP contribution >= 0.6 is 27.5 Å². The number of carbonyl (C=O) groups is 1. The smallest absolute Gasteiger partial charge is 0.227 e. The number of anilines is 1. The van der Waals surface area contributed by atoms with Gasteiger partial charge in [-0.15, -0.1) is 0 Å². The maximum absolute atomic E-state index is 12.8. The van der Waals surface area contributed by atoms with E-state index < -0.39 is 10.0 Å². The summed E-state index contributed by atoms with van der Waals surface area (Å²) >= 11 is 9.47. The minimum atomic E-state index is -3.46. The molecule has 1 amide bonds. The molecule has 1 N–H and O–H groups in total. The third-order valence-corrected chi connectivity index (χ3v) is 7.83. The van der Waals surface area contributed by atoms with Crippen molar-refractivity contribution in [1.29, 1.82) is 0 Å². The van der Waals surface area contributed by atoms with E-state index in [1.807, 2.05) is 12.1 Å². The standard InChI is InChI=1S/C21H24BrClN2O5S/c1-29-19-12-18(20(30-2)11-17(19)23)24-21(26)15-6-8-25(9-7-15)31(27,28)13-14-4-3-5-16(22)10-14/h3-5,10-12,15H,6-9,13H2,1-2H3,(H,24,26). The second-order valence-corrected chi connectivity index (χ2v) is 10.5. The van der Waals surface area contributed by atoms with Crippen LogP contribution in [0, 0.1) is 5.92 Å². The first kappa shape index (κ1) is 23.8. The molecule has 0 atom stereocenters. The van der Waals surface area contributed by atoms with Gasteiger partial charge in [0.05, 0.1) is 30.7 Å². The topological polar surface area (TPSA) is 84.9 Å². The minimum Gasteiger partial charge on any atom is -0.495 e. The third-order valence-electron chi connectivity index (χ3n) is 5.19. The number of hydrogen-bond donors (Lipinski definition) is 1. The van der Waals surface area contributed by atoms with E-state index in [0.717, 1.165) is 10.0 Å². The van der Waals surface area contributed by atoms with Gasteiger partial charge in [0.1, 0.15) is 11.5 Å². The maximum Gasteiger partial charge on any atom is 0.227 e. The van der Waals surface area contributed by atoms with Crippen molar-refractivity contribution < 1.29 is 22.7 Å². The molecule has 0 aliphatic carbocycles. The molecule has 31 heavy (non-hydrogen) atoms. The van der Waals surface area contributed by atoms with Crippen molar-refractivity contribution in [3.63, 3.8) is 0 Å². The van der Waals surface area contributed by atoms with Crippen LogP contribution in [-0.2, 0) is 20.6 Å². The number of amides is 1. The summed E-state index contributed by atoms with van der Waals surface area (Å²) in [5.74, 6) is 0.292. The van der Waals surface area contributed by atoms with Crippen molar-refractivity contribution in [2.45, 2.75) is 18.6 Å². The van der Waals surface area contributed by atoms with Crippen LogP contribution in [0.5, 0.6) is 11.5 Å². The molecule has 1 heterocycles. The highest BCUT2D eigenvalue weighted by molar-refractivity contribution is 9.10. The molecule has 0 saturated carbocycles. The fourth-order valence-corrected chi connectivity index (χ4v) is 5.75.